The summed E-state index contributed by atoms with van der Waals surface area (Å²) in [6.07, 6.45) is 20.8. The van der Waals surface area contributed by atoms with Crippen LogP contribution in [0.3, 0.4) is 0 Å². The van der Waals surface area contributed by atoms with E-state index in [9.17, 15) is 0 Å². The number of unbranched alkanes of at least 4 members (excludes halogenated alkanes) is 12. The summed E-state index contributed by atoms with van der Waals surface area (Å²) in [6, 6.07) is 0. The molecule has 3 N–H and O–H groups in total. The first kappa shape index (κ1) is 26.0. The molecule has 0 bridgehead atoms. The van der Waals surface area contributed by atoms with Gasteiger partial charge in [0.15, 0.2) is 0 Å². The van der Waals surface area contributed by atoms with Crippen molar-refractivity contribution in [3.63, 3.8) is 0 Å². The summed E-state index contributed by atoms with van der Waals surface area (Å²) < 4.78 is 3.32. The van der Waals surface area contributed by atoms with E-state index in [0.29, 0.717) is 0 Å². The molecule has 0 unspecified atom stereocenters. The summed E-state index contributed by atoms with van der Waals surface area (Å²) in [6.45, 7) is 4.60. The Balaban J connectivity index is 0. The van der Waals surface area contributed by atoms with Gasteiger partial charge in [-0.25, -0.2) is 0 Å². The van der Waals surface area contributed by atoms with Crippen molar-refractivity contribution in [1.82, 2.24) is 0 Å². The molecule has 0 heterocycles. The molecule has 0 amide bonds. The normalized spacial score (nSPS) is 10.3. The van der Waals surface area contributed by atoms with Crippen LogP contribution in [0.1, 0.15) is 104 Å². The molecule has 23 heavy (non-hydrogen) atoms. The molecular weight excluding hydrogens is 394 g/mol. The molecule has 0 fully saturated rings. The Morgan fingerprint density at radius 1 is 0.522 bits per heavy atom. The van der Waals surface area contributed by atoms with E-state index in [1.165, 1.54) is 77.0 Å². The second-order valence-corrected chi connectivity index (χ2v) is 10.6. The molecule has 0 aliphatic carbocycles. The van der Waals surface area contributed by atoms with Crippen LogP contribution >= 0.6 is 0 Å². The molecule has 0 aromatic rings. The molecular formula is C18H41BO3Sn. The van der Waals surface area contributed by atoms with Gasteiger partial charge in [-0.3, -0.25) is 0 Å². The van der Waals surface area contributed by atoms with E-state index < -0.39 is 7.32 Å². The van der Waals surface area contributed by atoms with Crippen molar-refractivity contribution in [1.29, 1.82) is 0 Å². The zero-order valence-electron chi connectivity index (χ0n) is 15.7. The third kappa shape index (κ3) is 34.9. The largest absolute Gasteiger partial charge is 0.631 e. The fourth-order valence-electron chi connectivity index (χ4n) is 2.54. The molecule has 2 radical (unpaired) electrons. The Labute approximate surface area is 156 Å². The van der Waals surface area contributed by atoms with Gasteiger partial charge in [0.25, 0.3) is 0 Å². The van der Waals surface area contributed by atoms with Gasteiger partial charge in [-0.2, -0.15) is 0 Å². The van der Waals surface area contributed by atoms with Gasteiger partial charge in [0.2, 0.25) is 0 Å². The standard InChI is InChI=1S/2C9H19.BH3O3.Sn/c2*1-3-5-7-9-8-6-4-2;2-1(3)4;/h2*1,3-9H2,2H3;2-4H;. The summed E-state index contributed by atoms with van der Waals surface area (Å²) in [5.41, 5.74) is 0. The maximum Gasteiger partial charge on any atom is 0.631 e. The summed E-state index contributed by atoms with van der Waals surface area (Å²) in [5.74, 6) is 0. The quantitative estimate of drug-likeness (QED) is 0.237. The molecule has 0 aliphatic rings. The Bertz CT molecular complexity index is 176. The van der Waals surface area contributed by atoms with Crippen molar-refractivity contribution in [2.24, 2.45) is 0 Å². The van der Waals surface area contributed by atoms with Crippen LogP contribution in [-0.4, -0.2) is 43.5 Å². The third-order valence-corrected chi connectivity index (χ3v) is 7.95. The first-order valence-corrected chi connectivity index (χ1v) is 13.9. The smallest absolute Gasteiger partial charge is 0.402 e. The molecule has 0 aromatic heterocycles. The topological polar surface area (TPSA) is 60.7 Å². The van der Waals surface area contributed by atoms with Crippen LogP contribution in [-0.2, 0) is 0 Å². The molecule has 0 rings (SSSR count). The summed E-state index contributed by atoms with van der Waals surface area (Å²) in [7, 11) is -2.17. The second kappa shape index (κ2) is 25.0. The van der Waals surface area contributed by atoms with Gasteiger partial charge >= 0.3 is 141 Å². The predicted molar refractivity (Wildman–Crippen MR) is 104 cm³/mol. The molecule has 0 saturated heterocycles. The van der Waals surface area contributed by atoms with E-state index in [4.69, 9.17) is 15.1 Å². The van der Waals surface area contributed by atoms with Crippen LogP contribution in [0.2, 0.25) is 8.87 Å². The monoisotopic (exact) mass is 436 g/mol. The maximum absolute atomic E-state index is 7.17. The Hall–Kier alpha value is 0.744. The molecule has 3 nitrogen and oxygen atoms in total. The number of hydrogen-bond acceptors (Lipinski definition) is 3. The van der Waals surface area contributed by atoms with E-state index >= 15 is 0 Å². The van der Waals surface area contributed by atoms with Gasteiger partial charge in [0.05, 0.1) is 0 Å². The summed E-state index contributed by atoms with van der Waals surface area (Å²) in [4.78, 5) is 0. The van der Waals surface area contributed by atoms with Crippen molar-refractivity contribution in [3.05, 3.63) is 0 Å². The molecule has 138 valence electrons. The fourth-order valence-corrected chi connectivity index (χ4v) is 6.11. The Morgan fingerprint density at radius 2 is 0.783 bits per heavy atom. The molecule has 5 heteroatoms. The molecule has 0 saturated carbocycles. The number of rotatable bonds is 16. The van der Waals surface area contributed by atoms with Crippen molar-refractivity contribution in [3.8, 4) is 0 Å². The zero-order valence-corrected chi connectivity index (χ0v) is 18.6. The van der Waals surface area contributed by atoms with Gasteiger partial charge in [0.1, 0.15) is 0 Å². The van der Waals surface area contributed by atoms with Crippen molar-refractivity contribution in [2.75, 3.05) is 0 Å². The molecule has 0 atom stereocenters. The van der Waals surface area contributed by atoms with Crippen molar-refractivity contribution >= 4 is 28.5 Å². The molecule has 0 aromatic carbocycles. The Morgan fingerprint density at radius 3 is 1.09 bits per heavy atom. The van der Waals surface area contributed by atoms with Crippen LogP contribution in [0, 0.1) is 0 Å². The van der Waals surface area contributed by atoms with E-state index in [-0.39, 0.29) is 21.1 Å². The average molecular weight is 435 g/mol. The van der Waals surface area contributed by atoms with Crippen LogP contribution < -0.4 is 0 Å². The minimum absolute atomic E-state index is 0.0623. The van der Waals surface area contributed by atoms with Gasteiger partial charge < -0.3 is 15.1 Å². The van der Waals surface area contributed by atoms with Gasteiger partial charge in [0, 0.05) is 0 Å². The van der Waals surface area contributed by atoms with Crippen LogP contribution in [0.4, 0.5) is 0 Å². The van der Waals surface area contributed by atoms with Crippen LogP contribution in [0.25, 0.3) is 0 Å². The van der Waals surface area contributed by atoms with Crippen LogP contribution in [0.15, 0.2) is 0 Å². The van der Waals surface area contributed by atoms with Gasteiger partial charge in [-0.05, 0) is 0 Å². The molecule has 0 aliphatic heterocycles. The van der Waals surface area contributed by atoms with Crippen molar-refractivity contribution in [2.45, 2.75) is 113 Å². The SMILES string of the molecule is CCCCCCCC[CH2][Sn][CH2]CCCCCCCC.OB(O)O. The van der Waals surface area contributed by atoms with Gasteiger partial charge in [-0.15, -0.1) is 0 Å². The third-order valence-electron chi connectivity index (χ3n) is 3.91. The van der Waals surface area contributed by atoms with E-state index in [1.54, 1.807) is 21.7 Å². The van der Waals surface area contributed by atoms with Crippen LogP contribution in [0.5, 0.6) is 0 Å². The van der Waals surface area contributed by atoms with E-state index in [1.807, 2.05) is 0 Å². The zero-order chi connectivity index (χ0) is 17.6. The maximum atomic E-state index is 7.17. The second-order valence-electron chi connectivity index (χ2n) is 6.34. The minimum atomic E-state index is -2.17. The van der Waals surface area contributed by atoms with E-state index in [2.05, 4.69) is 13.8 Å². The van der Waals surface area contributed by atoms with Gasteiger partial charge in [-0.1, -0.05) is 0 Å². The van der Waals surface area contributed by atoms with Crippen molar-refractivity contribution < 1.29 is 15.1 Å². The first-order valence-electron chi connectivity index (χ1n) is 9.90. The number of hydrogen-bond donors (Lipinski definition) is 3. The predicted octanol–water partition coefficient (Wildman–Crippen LogP) is 4.98. The minimum Gasteiger partial charge on any atom is -0.402 e. The average Bonchev–Trinajstić information content (AvgIpc) is 2.50. The summed E-state index contributed by atoms with van der Waals surface area (Å²) in [5, 5.41) is 21.5. The Kier molecular flexibility index (Phi) is 28.2. The fraction of sp³-hybridized carbons (Fsp3) is 1.00. The molecule has 0 spiro atoms. The first-order chi connectivity index (χ1) is 11.1. The summed E-state index contributed by atoms with van der Waals surface area (Å²) >= 11 is 0.0623. The van der Waals surface area contributed by atoms with E-state index in [0.717, 1.165) is 0 Å².